The van der Waals surface area contributed by atoms with Gasteiger partial charge in [-0.15, -0.1) is 0 Å². The Bertz CT molecular complexity index is 926. The van der Waals surface area contributed by atoms with Gasteiger partial charge >= 0.3 is 0 Å². The van der Waals surface area contributed by atoms with Crippen LogP contribution in [-0.2, 0) is 19.6 Å². The molecule has 1 amide bonds. The summed E-state index contributed by atoms with van der Waals surface area (Å²) >= 11 is 5.83. The number of hydrogen-bond acceptors (Lipinski definition) is 5. The van der Waals surface area contributed by atoms with Crippen molar-refractivity contribution in [3.63, 3.8) is 0 Å². The molecule has 0 aliphatic carbocycles. The first-order valence-electron chi connectivity index (χ1n) is 9.28. The second kappa shape index (κ2) is 9.58. The van der Waals surface area contributed by atoms with Crippen molar-refractivity contribution in [1.29, 1.82) is 0 Å². The van der Waals surface area contributed by atoms with Crippen molar-refractivity contribution in [1.82, 2.24) is 4.72 Å². The van der Waals surface area contributed by atoms with Gasteiger partial charge in [0.05, 0.1) is 11.0 Å². The van der Waals surface area contributed by atoms with Gasteiger partial charge in [-0.1, -0.05) is 11.6 Å². The third kappa shape index (κ3) is 6.17. The molecule has 7 nitrogen and oxygen atoms in total. The van der Waals surface area contributed by atoms with Crippen LogP contribution < -0.4 is 14.8 Å². The lowest BCUT2D eigenvalue weighted by molar-refractivity contribution is -0.122. The van der Waals surface area contributed by atoms with Crippen LogP contribution >= 0.6 is 11.6 Å². The van der Waals surface area contributed by atoms with E-state index in [1.165, 1.54) is 24.3 Å². The number of carbonyl (C=O) groups excluding carboxylic acids is 1. The number of benzene rings is 2. The molecule has 1 fully saturated rings. The van der Waals surface area contributed by atoms with Crippen LogP contribution in [-0.4, -0.2) is 39.7 Å². The second-order valence-corrected chi connectivity index (χ2v) is 8.92. The van der Waals surface area contributed by atoms with E-state index in [2.05, 4.69) is 10.0 Å². The molecule has 0 aromatic heterocycles. The third-order valence-electron chi connectivity index (χ3n) is 4.45. The van der Waals surface area contributed by atoms with E-state index in [1.54, 1.807) is 31.2 Å². The summed E-state index contributed by atoms with van der Waals surface area (Å²) in [4.78, 5) is 12.4. The number of ether oxygens (including phenoxy) is 2. The monoisotopic (exact) mass is 438 g/mol. The average molecular weight is 439 g/mol. The number of sulfonamides is 1. The fourth-order valence-corrected chi connectivity index (χ4v) is 4.02. The predicted octanol–water partition coefficient (Wildman–Crippen LogP) is 3.20. The molecule has 1 saturated heterocycles. The molecule has 9 heteroatoms. The number of anilines is 1. The van der Waals surface area contributed by atoms with E-state index < -0.39 is 16.1 Å². The Morgan fingerprint density at radius 1 is 1.21 bits per heavy atom. The molecule has 0 bridgehead atoms. The van der Waals surface area contributed by atoms with Crippen LogP contribution in [0, 0.1) is 0 Å². The van der Waals surface area contributed by atoms with E-state index in [0.717, 1.165) is 12.8 Å². The molecular formula is C20H23ClN2O5S. The summed E-state index contributed by atoms with van der Waals surface area (Å²) in [6, 6.07) is 12.7. The molecule has 2 N–H and O–H groups in total. The van der Waals surface area contributed by atoms with Gasteiger partial charge in [0.1, 0.15) is 5.75 Å². The number of halogens is 1. The zero-order valence-corrected chi connectivity index (χ0v) is 17.5. The molecule has 0 spiro atoms. The van der Waals surface area contributed by atoms with E-state index in [0.29, 0.717) is 23.1 Å². The Kier molecular flexibility index (Phi) is 7.13. The van der Waals surface area contributed by atoms with Crippen molar-refractivity contribution < 1.29 is 22.7 Å². The lowest BCUT2D eigenvalue weighted by atomic mass is 10.2. The lowest BCUT2D eigenvalue weighted by Crippen LogP contribution is -2.32. The highest BCUT2D eigenvalue weighted by molar-refractivity contribution is 7.89. The molecule has 2 atom stereocenters. The first-order chi connectivity index (χ1) is 13.8. The fraction of sp³-hybridized carbons (Fsp3) is 0.350. The summed E-state index contributed by atoms with van der Waals surface area (Å²) in [5.41, 5.74) is 0.472. The van der Waals surface area contributed by atoms with E-state index in [-0.39, 0.29) is 23.5 Å². The highest BCUT2D eigenvalue weighted by Crippen LogP contribution is 2.19. The number of rotatable bonds is 8. The normalized spacial score (nSPS) is 17.7. The Hall–Kier alpha value is -2.13. The third-order valence-corrected chi connectivity index (χ3v) is 6.14. The number of carbonyl (C=O) groups is 1. The summed E-state index contributed by atoms with van der Waals surface area (Å²) in [7, 11) is -3.63. The first-order valence-corrected chi connectivity index (χ1v) is 11.1. The fourth-order valence-electron chi connectivity index (χ4n) is 2.82. The first kappa shape index (κ1) is 21.6. The summed E-state index contributed by atoms with van der Waals surface area (Å²) in [6.45, 7) is 2.54. The van der Waals surface area contributed by atoms with E-state index in [9.17, 15) is 13.2 Å². The van der Waals surface area contributed by atoms with Crippen LogP contribution in [0.15, 0.2) is 53.4 Å². The second-order valence-electron chi connectivity index (χ2n) is 6.71. The Morgan fingerprint density at radius 3 is 2.52 bits per heavy atom. The zero-order chi connectivity index (χ0) is 20.9. The highest BCUT2D eigenvalue weighted by atomic mass is 35.5. The molecule has 29 heavy (non-hydrogen) atoms. The summed E-state index contributed by atoms with van der Waals surface area (Å²) in [5, 5.41) is 3.28. The average Bonchev–Trinajstić information content (AvgIpc) is 3.22. The minimum atomic E-state index is -3.63. The van der Waals surface area contributed by atoms with Gasteiger partial charge in [-0.25, -0.2) is 13.1 Å². The van der Waals surface area contributed by atoms with E-state index >= 15 is 0 Å². The van der Waals surface area contributed by atoms with Gasteiger partial charge in [-0.05, 0) is 68.3 Å². The maximum absolute atomic E-state index is 12.4. The molecular weight excluding hydrogens is 416 g/mol. The minimum Gasteiger partial charge on any atom is -0.481 e. The van der Waals surface area contributed by atoms with Gasteiger partial charge in [-0.3, -0.25) is 4.79 Å². The van der Waals surface area contributed by atoms with Crippen molar-refractivity contribution in [2.24, 2.45) is 0 Å². The Balaban J connectivity index is 1.54. The smallest absolute Gasteiger partial charge is 0.265 e. The van der Waals surface area contributed by atoms with Crippen molar-refractivity contribution in [3.8, 4) is 5.75 Å². The molecule has 2 unspecified atom stereocenters. The van der Waals surface area contributed by atoms with Crippen LogP contribution in [0.25, 0.3) is 0 Å². The molecule has 1 aliphatic rings. The van der Waals surface area contributed by atoms with Crippen molar-refractivity contribution in [2.45, 2.75) is 36.9 Å². The van der Waals surface area contributed by atoms with Crippen LogP contribution in [0.4, 0.5) is 5.69 Å². The van der Waals surface area contributed by atoms with Crippen molar-refractivity contribution >= 4 is 33.2 Å². The molecule has 1 heterocycles. The Labute approximate surface area is 175 Å². The number of amides is 1. The minimum absolute atomic E-state index is 0.0783. The largest absolute Gasteiger partial charge is 0.481 e. The maximum atomic E-state index is 12.4. The summed E-state index contributed by atoms with van der Waals surface area (Å²) < 4.78 is 38.3. The van der Waals surface area contributed by atoms with Crippen LogP contribution in [0.1, 0.15) is 19.8 Å². The van der Waals surface area contributed by atoms with Gasteiger partial charge in [0.2, 0.25) is 10.0 Å². The number of nitrogens with one attached hydrogen (secondary N) is 2. The summed E-state index contributed by atoms with van der Waals surface area (Å²) in [5.74, 6) is 0.169. The van der Waals surface area contributed by atoms with E-state index in [1.807, 2.05) is 0 Å². The summed E-state index contributed by atoms with van der Waals surface area (Å²) in [6.07, 6.45) is 0.975. The maximum Gasteiger partial charge on any atom is 0.265 e. The van der Waals surface area contributed by atoms with Gasteiger partial charge in [0, 0.05) is 23.9 Å². The molecule has 2 aromatic carbocycles. The van der Waals surface area contributed by atoms with Gasteiger partial charge in [-0.2, -0.15) is 0 Å². The zero-order valence-electron chi connectivity index (χ0n) is 15.9. The van der Waals surface area contributed by atoms with Crippen LogP contribution in [0.2, 0.25) is 5.02 Å². The topological polar surface area (TPSA) is 93.7 Å². The number of hydrogen-bond donors (Lipinski definition) is 2. The molecule has 0 radical (unpaired) electrons. The van der Waals surface area contributed by atoms with Crippen LogP contribution in [0.3, 0.4) is 0 Å². The molecule has 2 aromatic rings. The Morgan fingerprint density at radius 2 is 1.90 bits per heavy atom. The van der Waals surface area contributed by atoms with Crippen molar-refractivity contribution in [2.75, 3.05) is 18.5 Å². The quantitative estimate of drug-likeness (QED) is 0.660. The highest BCUT2D eigenvalue weighted by Gasteiger charge is 2.20. The van der Waals surface area contributed by atoms with E-state index in [4.69, 9.17) is 21.1 Å². The standard InChI is InChI=1S/C20H23ClN2O5S/c1-14(28-17-8-4-15(21)5-9-17)20(24)23-16-6-10-19(11-7-16)29(25,26)22-13-18-3-2-12-27-18/h4-11,14,18,22H,2-3,12-13H2,1H3,(H,23,24). The molecule has 0 saturated carbocycles. The SMILES string of the molecule is CC(Oc1ccc(Cl)cc1)C(=O)Nc1ccc(S(=O)(=O)NCC2CCCO2)cc1. The van der Waals surface area contributed by atoms with Gasteiger partial charge < -0.3 is 14.8 Å². The predicted molar refractivity (Wildman–Crippen MR) is 111 cm³/mol. The lowest BCUT2D eigenvalue weighted by Gasteiger charge is -2.15. The molecule has 1 aliphatic heterocycles. The molecule has 3 rings (SSSR count). The van der Waals surface area contributed by atoms with Crippen LogP contribution in [0.5, 0.6) is 5.75 Å². The van der Waals surface area contributed by atoms with Gasteiger partial charge in [0.15, 0.2) is 6.10 Å². The van der Waals surface area contributed by atoms with Gasteiger partial charge in [0.25, 0.3) is 5.91 Å². The van der Waals surface area contributed by atoms with Crippen molar-refractivity contribution in [3.05, 3.63) is 53.6 Å². The molecule has 156 valence electrons.